The number of hydrogen-bond donors (Lipinski definition) is 1. The monoisotopic (exact) mass is 432 g/mol. The summed E-state index contributed by atoms with van der Waals surface area (Å²) in [5.41, 5.74) is 0.673. The van der Waals surface area contributed by atoms with Crippen LogP contribution in [-0.2, 0) is 17.8 Å². The van der Waals surface area contributed by atoms with Crippen LogP contribution < -0.4 is 10.1 Å². The number of nitrogens with one attached hydrogen (secondary N) is 1. The van der Waals surface area contributed by atoms with Crippen molar-refractivity contribution >= 4 is 23.2 Å². The number of rotatable bonds is 5. The molecule has 0 unspecified atom stereocenters. The molecular weight excluding hydrogens is 414 g/mol. The Morgan fingerprint density at radius 3 is 2.83 bits per heavy atom. The zero-order valence-electron chi connectivity index (χ0n) is 16.0. The first kappa shape index (κ1) is 20.3. The summed E-state index contributed by atoms with van der Waals surface area (Å²) in [6, 6.07) is 7.90. The molecule has 2 aromatic carbocycles. The molecule has 3 aromatic rings. The number of nitrogens with zero attached hydrogens (tertiary/aromatic N) is 3. The molecule has 9 heteroatoms. The summed E-state index contributed by atoms with van der Waals surface area (Å²) in [7, 11) is 0. The second-order valence-electron chi connectivity index (χ2n) is 7.01. The third kappa shape index (κ3) is 4.43. The molecule has 2 heterocycles. The van der Waals surface area contributed by atoms with Crippen LogP contribution in [0.3, 0.4) is 0 Å². The fourth-order valence-corrected chi connectivity index (χ4v) is 3.61. The van der Waals surface area contributed by atoms with Gasteiger partial charge in [0.25, 0.3) is 5.91 Å². The van der Waals surface area contributed by atoms with E-state index in [-0.39, 0.29) is 22.9 Å². The number of aryl methyl sites for hydroxylation is 1. The SMILES string of the molecule is O=C(COc1ccc(F)cc1Cl)Nc1ccc(F)c(-c2nnc3n2CCCCC3)c1. The lowest BCUT2D eigenvalue weighted by molar-refractivity contribution is -0.118. The maximum Gasteiger partial charge on any atom is 0.262 e. The van der Waals surface area contributed by atoms with Crippen LogP contribution in [-0.4, -0.2) is 27.3 Å². The van der Waals surface area contributed by atoms with E-state index >= 15 is 0 Å². The van der Waals surface area contributed by atoms with Gasteiger partial charge in [-0.15, -0.1) is 10.2 Å². The summed E-state index contributed by atoms with van der Waals surface area (Å²) >= 11 is 5.88. The Labute approximate surface area is 176 Å². The number of aromatic nitrogens is 3. The number of carbonyl (C=O) groups excluding carboxylic acids is 1. The minimum atomic E-state index is -0.498. The van der Waals surface area contributed by atoms with E-state index in [0.29, 0.717) is 11.5 Å². The van der Waals surface area contributed by atoms with Gasteiger partial charge in [0.1, 0.15) is 23.2 Å². The van der Waals surface area contributed by atoms with Crippen LogP contribution in [0.25, 0.3) is 11.4 Å². The number of anilines is 1. The largest absolute Gasteiger partial charge is 0.482 e. The van der Waals surface area contributed by atoms with Crippen LogP contribution in [0.4, 0.5) is 14.5 Å². The highest BCUT2D eigenvalue weighted by Gasteiger charge is 2.19. The van der Waals surface area contributed by atoms with Crippen molar-refractivity contribution in [3.8, 4) is 17.1 Å². The molecule has 30 heavy (non-hydrogen) atoms. The van der Waals surface area contributed by atoms with Gasteiger partial charge in [0, 0.05) is 18.7 Å². The van der Waals surface area contributed by atoms with E-state index in [4.69, 9.17) is 16.3 Å². The maximum absolute atomic E-state index is 14.5. The van der Waals surface area contributed by atoms with Crippen LogP contribution in [0, 0.1) is 11.6 Å². The second-order valence-corrected chi connectivity index (χ2v) is 7.42. The van der Waals surface area contributed by atoms with Gasteiger partial charge >= 0.3 is 0 Å². The summed E-state index contributed by atoms with van der Waals surface area (Å²) in [5.74, 6) is 0.0896. The molecule has 4 rings (SSSR count). The first-order valence-electron chi connectivity index (χ1n) is 9.61. The van der Waals surface area contributed by atoms with Gasteiger partial charge in [0.15, 0.2) is 12.4 Å². The number of carbonyl (C=O) groups is 1. The van der Waals surface area contributed by atoms with E-state index in [1.165, 1.54) is 30.3 Å². The molecular formula is C21H19ClF2N4O2. The van der Waals surface area contributed by atoms with Gasteiger partial charge < -0.3 is 14.6 Å². The first-order chi connectivity index (χ1) is 14.5. The predicted octanol–water partition coefficient (Wildman–Crippen LogP) is 4.62. The van der Waals surface area contributed by atoms with Gasteiger partial charge in [0.05, 0.1) is 10.6 Å². The summed E-state index contributed by atoms with van der Waals surface area (Å²) < 4.78 is 34.9. The minimum absolute atomic E-state index is 0.0689. The fraction of sp³-hybridized carbons (Fsp3) is 0.286. The summed E-state index contributed by atoms with van der Waals surface area (Å²) in [6.45, 7) is 0.401. The van der Waals surface area contributed by atoms with Crippen LogP contribution >= 0.6 is 11.6 Å². The minimum Gasteiger partial charge on any atom is -0.482 e. The third-order valence-corrected chi connectivity index (χ3v) is 5.15. The highest BCUT2D eigenvalue weighted by molar-refractivity contribution is 6.32. The quantitative estimate of drug-likeness (QED) is 0.638. The maximum atomic E-state index is 14.5. The molecule has 1 aromatic heterocycles. The van der Waals surface area contributed by atoms with Gasteiger partial charge in [-0.1, -0.05) is 18.0 Å². The molecule has 0 bridgehead atoms. The van der Waals surface area contributed by atoms with Crippen molar-refractivity contribution in [3.05, 3.63) is 58.9 Å². The van der Waals surface area contributed by atoms with E-state index in [0.717, 1.165) is 44.1 Å². The molecule has 0 aliphatic carbocycles. The molecule has 6 nitrogen and oxygen atoms in total. The van der Waals surface area contributed by atoms with Gasteiger partial charge in [-0.25, -0.2) is 8.78 Å². The molecule has 0 radical (unpaired) electrons. The standard InChI is InChI=1S/C21H19ClF2N4O2/c22-16-10-13(23)5-8-18(16)30-12-20(29)25-14-6-7-17(24)15(11-14)21-27-26-19-4-2-1-3-9-28(19)21/h5-8,10-11H,1-4,9,12H2,(H,25,29). The highest BCUT2D eigenvalue weighted by atomic mass is 35.5. The molecule has 0 saturated heterocycles. The average Bonchev–Trinajstić information content (AvgIpc) is 2.96. The number of ether oxygens (including phenoxy) is 1. The fourth-order valence-electron chi connectivity index (χ4n) is 3.39. The molecule has 0 fully saturated rings. The number of amides is 1. The number of fused-ring (bicyclic) bond motifs is 1. The molecule has 1 N–H and O–H groups in total. The van der Waals surface area contributed by atoms with Crippen LogP contribution in [0.5, 0.6) is 5.75 Å². The van der Waals surface area contributed by atoms with Crippen molar-refractivity contribution in [3.63, 3.8) is 0 Å². The van der Waals surface area contributed by atoms with Crippen LogP contribution in [0.1, 0.15) is 25.1 Å². The molecule has 0 saturated carbocycles. The average molecular weight is 433 g/mol. The number of halogens is 3. The summed E-state index contributed by atoms with van der Waals surface area (Å²) in [4.78, 5) is 12.2. The first-order valence-corrected chi connectivity index (χ1v) is 9.99. The van der Waals surface area contributed by atoms with E-state index < -0.39 is 17.5 Å². The van der Waals surface area contributed by atoms with E-state index in [2.05, 4.69) is 15.5 Å². The van der Waals surface area contributed by atoms with Crippen molar-refractivity contribution < 1.29 is 18.3 Å². The Morgan fingerprint density at radius 1 is 1.13 bits per heavy atom. The topological polar surface area (TPSA) is 69.0 Å². The number of hydrogen-bond acceptors (Lipinski definition) is 4. The molecule has 156 valence electrons. The van der Waals surface area contributed by atoms with Crippen molar-refractivity contribution in [1.82, 2.24) is 14.8 Å². The molecule has 0 spiro atoms. The van der Waals surface area contributed by atoms with Crippen molar-refractivity contribution in [1.29, 1.82) is 0 Å². The molecule has 1 aliphatic heterocycles. The van der Waals surface area contributed by atoms with Crippen LogP contribution in [0.2, 0.25) is 5.02 Å². The Balaban J connectivity index is 1.48. The van der Waals surface area contributed by atoms with Gasteiger partial charge in [-0.05, 0) is 49.2 Å². The lowest BCUT2D eigenvalue weighted by atomic mass is 10.1. The van der Waals surface area contributed by atoms with Crippen LogP contribution in [0.15, 0.2) is 36.4 Å². The van der Waals surface area contributed by atoms with E-state index in [1.54, 1.807) is 0 Å². The van der Waals surface area contributed by atoms with Crippen molar-refractivity contribution in [2.75, 3.05) is 11.9 Å². The third-order valence-electron chi connectivity index (χ3n) is 4.85. The second kappa shape index (κ2) is 8.79. The van der Waals surface area contributed by atoms with Crippen molar-refractivity contribution in [2.45, 2.75) is 32.2 Å². The normalized spacial score (nSPS) is 13.4. The smallest absolute Gasteiger partial charge is 0.262 e. The lowest BCUT2D eigenvalue weighted by Gasteiger charge is -2.11. The highest BCUT2D eigenvalue weighted by Crippen LogP contribution is 2.28. The molecule has 1 aliphatic rings. The van der Waals surface area contributed by atoms with Crippen molar-refractivity contribution in [2.24, 2.45) is 0 Å². The predicted molar refractivity (Wildman–Crippen MR) is 109 cm³/mol. The Kier molecular flexibility index (Phi) is 5.94. The zero-order chi connectivity index (χ0) is 21.1. The Morgan fingerprint density at radius 2 is 2.00 bits per heavy atom. The number of benzene rings is 2. The summed E-state index contributed by atoms with van der Waals surface area (Å²) in [6.07, 6.45) is 3.93. The Bertz CT molecular complexity index is 1090. The van der Waals surface area contributed by atoms with Gasteiger partial charge in [-0.3, -0.25) is 4.79 Å². The van der Waals surface area contributed by atoms with E-state index in [9.17, 15) is 13.6 Å². The van der Waals surface area contributed by atoms with Gasteiger partial charge in [-0.2, -0.15) is 0 Å². The summed E-state index contributed by atoms with van der Waals surface area (Å²) in [5, 5.41) is 11.1. The zero-order valence-corrected chi connectivity index (χ0v) is 16.8. The molecule has 1 amide bonds. The lowest BCUT2D eigenvalue weighted by Crippen LogP contribution is -2.20. The van der Waals surface area contributed by atoms with Gasteiger partial charge in [0.2, 0.25) is 0 Å². The Hall–Kier alpha value is -3.00. The van der Waals surface area contributed by atoms with E-state index in [1.807, 2.05) is 4.57 Å². The molecule has 0 atom stereocenters.